The Bertz CT molecular complexity index is 753. The minimum absolute atomic E-state index is 0.0792. The average Bonchev–Trinajstić information content (AvgIpc) is 2.55. The zero-order valence-electron chi connectivity index (χ0n) is 12.2. The van der Waals surface area contributed by atoms with Gasteiger partial charge < -0.3 is 14.6 Å². The van der Waals surface area contributed by atoms with Crippen LogP contribution in [0.3, 0.4) is 0 Å². The summed E-state index contributed by atoms with van der Waals surface area (Å²) in [5.41, 5.74) is 0.884. The molecule has 0 atom stereocenters. The number of carbonyl (C=O) groups excluding carboxylic acids is 1. The van der Waals surface area contributed by atoms with E-state index in [-0.39, 0.29) is 16.5 Å². The molecule has 0 aliphatic heterocycles. The van der Waals surface area contributed by atoms with Crippen molar-refractivity contribution in [2.45, 2.75) is 0 Å². The molecule has 2 rings (SSSR count). The van der Waals surface area contributed by atoms with Crippen molar-refractivity contribution in [3.63, 3.8) is 0 Å². The van der Waals surface area contributed by atoms with Crippen molar-refractivity contribution >= 4 is 29.6 Å². The predicted molar refractivity (Wildman–Crippen MR) is 86.1 cm³/mol. The van der Waals surface area contributed by atoms with Gasteiger partial charge in [0.1, 0.15) is 0 Å². The molecule has 0 heterocycles. The number of benzene rings is 2. The Labute approximate surface area is 137 Å². The van der Waals surface area contributed by atoms with Gasteiger partial charge in [-0.15, -0.1) is 0 Å². The Hall–Kier alpha value is -2.79. The lowest BCUT2D eigenvalue weighted by atomic mass is 10.2. The van der Waals surface area contributed by atoms with E-state index in [1.807, 2.05) is 0 Å². The normalized spacial score (nSPS) is 10.5. The number of carboxylic acids is 1. The third-order valence-electron chi connectivity index (χ3n) is 2.87. The molecular formula is C17H13ClO5. The van der Waals surface area contributed by atoms with Crippen molar-refractivity contribution in [3.05, 3.63) is 64.7 Å². The predicted octanol–water partition coefficient (Wildman–Crippen LogP) is 3.67. The molecule has 0 amide bonds. The number of ether oxygens (including phenoxy) is 2. The molecule has 2 aromatic rings. The van der Waals surface area contributed by atoms with E-state index in [9.17, 15) is 9.59 Å². The first-order valence-corrected chi connectivity index (χ1v) is 6.95. The summed E-state index contributed by atoms with van der Waals surface area (Å²) in [6, 6.07) is 11.5. The maximum atomic E-state index is 12.1. The number of methoxy groups -OCH3 is 1. The van der Waals surface area contributed by atoms with Gasteiger partial charge in [-0.25, -0.2) is 9.59 Å². The summed E-state index contributed by atoms with van der Waals surface area (Å²) in [4.78, 5) is 22.7. The van der Waals surface area contributed by atoms with Crippen LogP contribution in [0.4, 0.5) is 0 Å². The van der Waals surface area contributed by atoms with Gasteiger partial charge in [-0.1, -0.05) is 29.8 Å². The van der Waals surface area contributed by atoms with E-state index in [1.54, 1.807) is 30.3 Å². The first-order valence-electron chi connectivity index (χ1n) is 6.57. The number of hydrogen-bond acceptors (Lipinski definition) is 4. The van der Waals surface area contributed by atoms with Gasteiger partial charge in [-0.3, -0.25) is 0 Å². The Balaban J connectivity index is 2.31. The molecule has 118 valence electrons. The second-order valence-electron chi connectivity index (χ2n) is 4.46. The van der Waals surface area contributed by atoms with E-state index in [0.717, 1.165) is 6.08 Å². The quantitative estimate of drug-likeness (QED) is 0.514. The largest absolute Gasteiger partial charge is 0.493 e. The summed E-state index contributed by atoms with van der Waals surface area (Å²) >= 11 is 6.12. The van der Waals surface area contributed by atoms with Gasteiger partial charge in [-0.2, -0.15) is 0 Å². The lowest BCUT2D eigenvalue weighted by molar-refractivity contribution is -0.131. The number of aliphatic carboxylic acids is 1. The fourth-order valence-electron chi connectivity index (χ4n) is 1.83. The maximum Gasteiger partial charge on any atom is 0.343 e. The molecule has 2 aromatic carbocycles. The summed E-state index contributed by atoms with van der Waals surface area (Å²) < 4.78 is 10.5. The minimum Gasteiger partial charge on any atom is -0.493 e. The zero-order valence-corrected chi connectivity index (χ0v) is 12.9. The van der Waals surface area contributed by atoms with Crippen LogP contribution in [-0.2, 0) is 4.79 Å². The van der Waals surface area contributed by atoms with E-state index < -0.39 is 11.9 Å². The van der Waals surface area contributed by atoms with E-state index in [4.69, 9.17) is 26.2 Å². The van der Waals surface area contributed by atoms with Crippen molar-refractivity contribution < 1.29 is 24.2 Å². The Kier molecular flexibility index (Phi) is 5.38. The van der Waals surface area contributed by atoms with Crippen LogP contribution >= 0.6 is 11.6 Å². The monoisotopic (exact) mass is 332 g/mol. The summed E-state index contributed by atoms with van der Waals surface area (Å²) in [7, 11) is 1.40. The summed E-state index contributed by atoms with van der Waals surface area (Å²) in [6.45, 7) is 0. The van der Waals surface area contributed by atoms with Crippen LogP contribution in [0, 0.1) is 0 Å². The molecule has 0 unspecified atom stereocenters. The standard InChI is InChI=1S/C17H13ClO5/c1-22-14-10-11(7-8-15(19)20)9-13(18)16(14)23-17(21)12-5-3-2-4-6-12/h2-10H,1H3,(H,19,20). The Morgan fingerprint density at radius 3 is 2.48 bits per heavy atom. The van der Waals surface area contributed by atoms with Crippen molar-refractivity contribution in [2.24, 2.45) is 0 Å². The van der Waals surface area contributed by atoms with Crippen LogP contribution in [0.15, 0.2) is 48.5 Å². The van der Waals surface area contributed by atoms with Crippen LogP contribution < -0.4 is 9.47 Å². The third kappa shape index (κ3) is 4.34. The molecule has 0 fully saturated rings. The second-order valence-corrected chi connectivity index (χ2v) is 4.87. The Morgan fingerprint density at radius 2 is 1.87 bits per heavy atom. The van der Waals surface area contributed by atoms with E-state index >= 15 is 0 Å². The number of halogens is 1. The molecule has 0 saturated carbocycles. The van der Waals surface area contributed by atoms with E-state index in [2.05, 4.69) is 0 Å². The summed E-state index contributed by atoms with van der Waals surface area (Å²) in [5.74, 6) is -1.35. The maximum absolute atomic E-state index is 12.1. The van der Waals surface area contributed by atoms with Gasteiger partial charge in [0.2, 0.25) is 0 Å². The molecular weight excluding hydrogens is 320 g/mol. The molecule has 6 heteroatoms. The number of carboxylic acid groups (broad SMARTS) is 1. The molecule has 1 N–H and O–H groups in total. The topological polar surface area (TPSA) is 72.8 Å². The van der Waals surface area contributed by atoms with Gasteiger partial charge in [0.15, 0.2) is 11.5 Å². The number of rotatable bonds is 5. The van der Waals surface area contributed by atoms with Crippen molar-refractivity contribution in [1.82, 2.24) is 0 Å². The first kappa shape index (κ1) is 16.6. The van der Waals surface area contributed by atoms with Gasteiger partial charge in [0.25, 0.3) is 0 Å². The summed E-state index contributed by atoms with van der Waals surface area (Å²) in [5, 5.41) is 8.79. The van der Waals surface area contributed by atoms with Gasteiger partial charge in [0.05, 0.1) is 17.7 Å². The number of hydrogen-bond donors (Lipinski definition) is 1. The molecule has 0 bridgehead atoms. The van der Waals surface area contributed by atoms with Crippen LogP contribution in [0.5, 0.6) is 11.5 Å². The van der Waals surface area contributed by atoms with Crippen molar-refractivity contribution in [1.29, 1.82) is 0 Å². The highest BCUT2D eigenvalue weighted by molar-refractivity contribution is 6.32. The van der Waals surface area contributed by atoms with E-state index in [0.29, 0.717) is 11.1 Å². The number of esters is 1. The number of carbonyl (C=O) groups is 2. The molecule has 0 saturated heterocycles. The first-order chi connectivity index (χ1) is 11.0. The van der Waals surface area contributed by atoms with Gasteiger partial charge >= 0.3 is 11.9 Å². The lowest BCUT2D eigenvalue weighted by Gasteiger charge is -2.12. The smallest absolute Gasteiger partial charge is 0.343 e. The van der Waals surface area contributed by atoms with Gasteiger partial charge in [-0.05, 0) is 35.9 Å². The highest BCUT2D eigenvalue weighted by Gasteiger charge is 2.16. The minimum atomic E-state index is -1.08. The Morgan fingerprint density at radius 1 is 1.17 bits per heavy atom. The second kappa shape index (κ2) is 7.47. The van der Waals surface area contributed by atoms with Crippen LogP contribution in [0.25, 0.3) is 6.08 Å². The highest BCUT2D eigenvalue weighted by Crippen LogP contribution is 2.37. The molecule has 0 spiro atoms. The molecule has 0 radical (unpaired) electrons. The SMILES string of the molecule is COc1cc(C=CC(=O)O)cc(Cl)c1OC(=O)c1ccccc1. The van der Waals surface area contributed by atoms with Crippen LogP contribution in [0.1, 0.15) is 15.9 Å². The van der Waals surface area contributed by atoms with Gasteiger partial charge in [0, 0.05) is 6.08 Å². The zero-order chi connectivity index (χ0) is 16.8. The molecule has 23 heavy (non-hydrogen) atoms. The fraction of sp³-hybridized carbons (Fsp3) is 0.0588. The van der Waals surface area contributed by atoms with Crippen molar-refractivity contribution in [3.8, 4) is 11.5 Å². The van der Waals surface area contributed by atoms with Crippen molar-refractivity contribution in [2.75, 3.05) is 7.11 Å². The average molecular weight is 333 g/mol. The van der Waals surface area contributed by atoms with Crippen LogP contribution in [0.2, 0.25) is 5.02 Å². The van der Waals surface area contributed by atoms with Crippen LogP contribution in [-0.4, -0.2) is 24.2 Å². The van der Waals surface area contributed by atoms with E-state index in [1.165, 1.54) is 25.3 Å². The molecule has 5 nitrogen and oxygen atoms in total. The fourth-order valence-corrected chi connectivity index (χ4v) is 2.09. The summed E-state index contributed by atoms with van der Waals surface area (Å²) in [6.07, 6.45) is 2.33. The molecule has 0 aliphatic rings. The molecule has 0 aromatic heterocycles. The third-order valence-corrected chi connectivity index (χ3v) is 3.16. The lowest BCUT2D eigenvalue weighted by Crippen LogP contribution is -2.09. The molecule has 0 aliphatic carbocycles. The highest BCUT2D eigenvalue weighted by atomic mass is 35.5.